The number of amides is 1. The number of carbonyl (C=O) groups excluding carboxylic acids is 1. The number of pyridine rings is 2. The van der Waals surface area contributed by atoms with Gasteiger partial charge in [-0.3, -0.25) is 4.79 Å². The molecule has 1 aliphatic rings. The zero-order valence-electron chi connectivity index (χ0n) is 18.6. The van der Waals surface area contributed by atoms with Crippen molar-refractivity contribution in [2.24, 2.45) is 0 Å². The Kier molecular flexibility index (Phi) is 6.11. The minimum absolute atomic E-state index is 0.0385. The van der Waals surface area contributed by atoms with Crippen LogP contribution in [0.1, 0.15) is 24.5 Å². The molecule has 1 fully saturated rings. The van der Waals surface area contributed by atoms with Crippen molar-refractivity contribution in [3.63, 3.8) is 0 Å². The summed E-state index contributed by atoms with van der Waals surface area (Å²) in [5, 5.41) is 3.29. The van der Waals surface area contributed by atoms with E-state index >= 15 is 0 Å². The van der Waals surface area contributed by atoms with Gasteiger partial charge in [0.25, 0.3) is 0 Å². The van der Waals surface area contributed by atoms with Gasteiger partial charge in [0, 0.05) is 30.8 Å². The summed E-state index contributed by atoms with van der Waals surface area (Å²) in [6, 6.07) is 17.1. The van der Waals surface area contributed by atoms with Crippen LogP contribution in [0.3, 0.4) is 0 Å². The molecule has 1 aliphatic heterocycles. The van der Waals surface area contributed by atoms with Gasteiger partial charge in [0.2, 0.25) is 11.8 Å². The van der Waals surface area contributed by atoms with Crippen LogP contribution >= 0.6 is 0 Å². The van der Waals surface area contributed by atoms with E-state index in [0.717, 1.165) is 42.0 Å². The summed E-state index contributed by atoms with van der Waals surface area (Å²) in [5.74, 6) is 1.95. The van der Waals surface area contributed by atoms with Crippen molar-refractivity contribution in [2.45, 2.75) is 18.8 Å². The fourth-order valence-corrected chi connectivity index (χ4v) is 4.08. The highest BCUT2D eigenvalue weighted by atomic mass is 16.5. The van der Waals surface area contributed by atoms with Crippen LogP contribution in [0.15, 0.2) is 79.8 Å². The number of ether oxygens (including phenoxy) is 1. The standard InChI is InChI=1S/C26H24N6O2/c1-2-24(33)32-14-6-7-18(16-32)21-11-12-22-25(31-21)26(29-17-28-22)30-19-10-13-23(27-15-19)34-20-8-4-3-5-9-20/h2-5,8-13,15,17-18H,1,6-7,14,16H2,(H,28,29,30)/t18-/m0/s1. The maximum Gasteiger partial charge on any atom is 0.245 e. The van der Waals surface area contributed by atoms with E-state index in [1.54, 1.807) is 12.3 Å². The summed E-state index contributed by atoms with van der Waals surface area (Å²) in [6.45, 7) is 4.99. The molecule has 3 aromatic heterocycles. The van der Waals surface area contributed by atoms with Crippen LogP contribution in [-0.4, -0.2) is 43.8 Å². The molecule has 1 atom stereocenters. The molecule has 1 aromatic carbocycles. The van der Waals surface area contributed by atoms with Crippen molar-refractivity contribution >= 4 is 28.4 Å². The molecule has 0 aliphatic carbocycles. The van der Waals surface area contributed by atoms with Crippen molar-refractivity contribution in [1.29, 1.82) is 0 Å². The number of anilines is 2. The van der Waals surface area contributed by atoms with Crippen LogP contribution in [-0.2, 0) is 4.79 Å². The van der Waals surface area contributed by atoms with Gasteiger partial charge in [-0.1, -0.05) is 24.8 Å². The first-order valence-corrected chi connectivity index (χ1v) is 11.2. The van der Waals surface area contributed by atoms with E-state index in [4.69, 9.17) is 9.72 Å². The molecule has 0 bridgehead atoms. The maximum atomic E-state index is 12.1. The second-order valence-corrected chi connectivity index (χ2v) is 8.08. The number of rotatable bonds is 6. The first-order valence-electron chi connectivity index (χ1n) is 11.2. The van der Waals surface area contributed by atoms with Crippen LogP contribution < -0.4 is 10.1 Å². The Bertz CT molecular complexity index is 1310. The number of nitrogens with zero attached hydrogens (tertiary/aromatic N) is 5. The van der Waals surface area contributed by atoms with Gasteiger partial charge >= 0.3 is 0 Å². The third-order valence-electron chi connectivity index (χ3n) is 5.79. The van der Waals surface area contributed by atoms with Gasteiger partial charge in [-0.2, -0.15) is 0 Å². The minimum atomic E-state index is -0.0385. The molecule has 8 heteroatoms. The lowest BCUT2D eigenvalue weighted by Crippen LogP contribution is -2.38. The molecule has 0 saturated carbocycles. The zero-order valence-corrected chi connectivity index (χ0v) is 18.6. The fourth-order valence-electron chi connectivity index (χ4n) is 4.08. The van der Waals surface area contributed by atoms with E-state index in [1.165, 1.54) is 12.4 Å². The molecular formula is C26H24N6O2. The van der Waals surface area contributed by atoms with Gasteiger partial charge in [-0.05, 0) is 49.2 Å². The number of aromatic nitrogens is 4. The Labute approximate surface area is 197 Å². The zero-order chi connectivity index (χ0) is 23.3. The third kappa shape index (κ3) is 4.71. The lowest BCUT2D eigenvalue weighted by Gasteiger charge is -2.31. The number of hydrogen-bond donors (Lipinski definition) is 1. The number of fused-ring (bicyclic) bond motifs is 1. The van der Waals surface area contributed by atoms with Gasteiger partial charge in [-0.15, -0.1) is 0 Å². The molecule has 170 valence electrons. The highest BCUT2D eigenvalue weighted by molar-refractivity contribution is 5.88. The van der Waals surface area contributed by atoms with Crippen molar-refractivity contribution in [3.8, 4) is 11.6 Å². The summed E-state index contributed by atoms with van der Waals surface area (Å²) in [4.78, 5) is 32.0. The molecule has 1 amide bonds. The minimum Gasteiger partial charge on any atom is -0.439 e. The maximum absolute atomic E-state index is 12.1. The number of carbonyl (C=O) groups is 1. The average Bonchev–Trinajstić information content (AvgIpc) is 2.90. The first-order chi connectivity index (χ1) is 16.7. The molecule has 1 saturated heterocycles. The Balaban J connectivity index is 1.36. The number of likely N-dealkylation sites (tertiary alicyclic amines) is 1. The smallest absolute Gasteiger partial charge is 0.245 e. The van der Waals surface area contributed by atoms with E-state index in [-0.39, 0.29) is 11.8 Å². The lowest BCUT2D eigenvalue weighted by atomic mass is 9.94. The predicted octanol–water partition coefficient (Wildman–Crippen LogP) is 4.85. The Morgan fingerprint density at radius 1 is 1.09 bits per heavy atom. The Morgan fingerprint density at radius 3 is 2.76 bits per heavy atom. The predicted molar refractivity (Wildman–Crippen MR) is 130 cm³/mol. The van der Waals surface area contributed by atoms with Crippen molar-refractivity contribution in [2.75, 3.05) is 18.4 Å². The largest absolute Gasteiger partial charge is 0.439 e. The number of nitrogens with one attached hydrogen (secondary N) is 1. The van der Waals surface area contributed by atoms with E-state index in [0.29, 0.717) is 23.8 Å². The van der Waals surface area contributed by atoms with Crippen LogP contribution in [0.4, 0.5) is 11.5 Å². The molecule has 8 nitrogen and oxygen atoms in total. The van der Waals surface area contributed by atoms with E-state index < -0.39 is 0 Å². The quantitative estimate of drug-likeness (QED) is 0.418. The summed E-state index contributed by atoms with van der Waals surface area (Å²) in [6.07, 6.45) is 6.48. The molecule has 0 unspecified atom stereocenters. The second-order valence-electron chi connectivity index (χ2n) is 8.08. The second kappa shape index (κ2) is 9.66. The SMILES string of the molecule is C=CC(=O)N1CCC[C@H](c2ccc3ncnc(Nc4ccc(Oc5ccccc5)nc4)c3n2)C1. The van der Waals surface area contributed by atoms with Crippen LogP contribution in [0.25, 0.3) is 11.0 Å². The summed E-state index contributed by atoms with van der Waals surface area (Å²) in [5.41, 5.74) is 3.11. The lowest BCUT2D eigenvalue weighted by molar-refractivity contribution is -0.127. The Hall–Kier alpha value is -4.33. The molecule has 34 heavy (non-hydrogen) atoms. The highest BCUT2D eigenvalue weighted by Crippen LogP contribution is 2.29. The molecule has 4 aromatic rings. The van der Waals surface area contributed by atoms with E-state index in [9.17, 15) is 4.79 Å². The van der Waals surface area contributed by atoms with Crippen molar-refractivity contribution < 1.29 is 9.53 Å². The van der Waals surface area contributed by atoms with Gasteiger partial charge in [-0.25, -0.2) is 19.9 Å². The summed E-state index contributed by atoms with van der Waals surface area (Å²) >= 11 is 0. The summed E-state index contributed by atoms with van der Waals surface area (Å²) < 4.78 is 5.76. The van der Waals surface area contributed by atoms with E-state index in [1.807, 2.05) is 53.4 Å². The Morgan fingerprint density at radius 2 is 1.97 bits per heavy atom. The van der Waals surface area contributed by atoms with Crippen LogP contribution in [0, 0.1) is 0 Å². The molecule has 0 spiro atoms. The number of benzene rings is 1. The summed E-state index contributed by atoms with van der Waals surface area (Å²) in [7, 11) is 0. The normalized spacial score (nSPS) is 15.6. The molecule has 5 rings (SSSR count). The first kappa shape index (κ1) is 21.5. The topological polar surface area (TPSA) is 93.1 Å². The van der Waals surface area contributed by atoms with Crippen LogP contribution in [0.5, 0.6) is 11.6 Å². The highest BCUT2D eigenvalue weighted by Gasteiger charge is 2.25. The number of para-hydroxylation sites is 1. The van der Waals surface area contributed by atoms with Gasteiger partial charge in [0.05, 0.1) is 17.4 Å². The number of hydrogen-bond acceptors (Lipinski definition) is 7. The molecule has 0 radical (unpaired) electrons. The van der Waals surface area contributed by atoms with Gasteiger partial charge in [0.1, 0.15) is 17.6 Å². The van der Waals surface area contributed by atoms with Crippen LogP contribution in [0.2, 0.25) is 0 Å². The fraction of sp³-hybridized carbons (Fsp3) is 0.192. The molecular weight excluding hydrogens is 428 g/mol. The average molecular weight is 453 g/mol. The van der Waals surface area contributed by atoms with Gasteiger partial charge < -0.3 is 15.0 Å². The molecule has 4 heterocycles. The third-order valence-corrected chi connectivity index (χ3v) is 5.79. The van der Waals surface area contributed by atoms with E-state index in [2.05, 4.69) is 26.8 Å². The monoisotopic (exact) mass is 452 g/mol. The molecule has 1 N–H and O–H groups in total. The number of piperidine rings is 1. The van der Waals surface area contributed by atoms with Crippen molar-refractivity contribution in [1.82, 2.24) is 24.8 Å². The van der Waals surface area contributed by atoms with Gasteiger partial charge in [0.15, 0.2) is 5.82 Å². The van der Waals surface area contributed by atoms with Crippen molar-refractivity contribution in [3.05, 3.63) is 85.5 Å².